The minimum atomic E-state index is -4.16. The summed E-state index contributed by atoms with van der Waals surface area (Å²) in [5.41, 5.74) is 0. The van der Waals surface area contributed by atoms with Crippen LogP contribution in [0.4, 0.5) is 0 Å². The van der Waals surface area contributed by atoms with Crippen molar-refractivity contribution in [1.82, 2.24) is 0 Å². The SMILES string of the molecule is C=CC(=O)OC(C)CCCS(=O)(=O)[O-].[Rb+]. The summed E-state index contributed by atoms with van der Waals surface area (Å²) in [7, 11) is -4.16. The van der Waals surface area contributed by atoms with Gasteiger partial charge in [-0.25, -0.2) is 13.2 Å². The van der Waals surface area contributed by atoms with Gasteiger partial charge < -0.3 is 9.29 Å². The largest absolute Gasteiger partial charge is 1.00 e. The Labute approximate surface area is 139 Å². The standard InChI is InChI=1S/C8H14O5S.Rb/c1-3-8(9)13-7(2)5-4-6-14(10,11)12;/h3,7H,1,4-6H2,2H3,(H,10,11,12);/q;+1/p-1. The van der Waals surface area contributed by atoms with Crippen LogP contribution >= 0.6 is 0 Å². The molecule has 0 N–H and O–H groups in total. The van der Waals surface area contributed by atoms with Crippen LogP contribution in [0, 0.1) is 0 Å². The van der Waals surface area contributed by atoms with E-state index in [0.717, 1.165) is 6.08 Å². The molecule has 0 aliphatic rings. The molecule has 7 heteroatoms. The zero-order valence-electron chi connectivity index (χ0n) is 8.93. The monoisotopic (exact) mass is 306 g/mol. The molecule has 0 heterocycles. The van der Waals surface area contributed by atoms with Crippen molar-refractivity contribution in [2.45, 2.75) is 25.9 Å². The van der Waals surface area contributed by atoms with Crippen LogP contribution in [0.25, 0.3) is 0 Å². The molecule has 0 aromatic rings. The molecule has 1 atom stereocenters. The summed E-state index contributed by atoms with van der Waals surface area (Å²) in [4.78, 5) is 10.7. The van der Waals surface area contributed by atoms with Gasteiger partial charge in [0.25, 0.3) is 0 Å². The van der Waals surface area contributed by atoms with Crippen LogP contribution < -0.4 is 58.2 Å². The van der Waals surface area contributed by atoms with E-state index in [4.69, 9.17) is 4.74 Å². The van der Waals surface area contributed by atoms with Crippen molar-refractivity contribution in [3.8, 4) is 0 Å². The first-order valence-corrected chi connectivity index (χ1v) is 5.69. The van der Waals surface area contributed by atoms with Gasteiger partial charge in [-0.2, -0.15) is 0 Å². The zero-order chi connectivity index (χ0) is 11.2. The summed E-state index contributed by atoms with van der Waals surface area (Å²) in [5.74, 6) is -0.981. The second-order valence-corrected chi connectivity index (χ2v) is 4.38. The molecule has 0 radical (unpaired) electrons. The molecule has 0 aliphatic carbocycles. The molecule has 0 saturated carbocycles. The second-order valence-electron chi connectivity index (χ2n) is 2.86. The van der Waals surface area contributed by atoms with Gasteiger partial charge in [0.05, 0.1) is 16.2 Å². The van der Waals surface area contributed by atoms with E-state index < -0.39 is 27.9 Å². The predicted octanol–water partition coefficient (Wildman–Crippen LogP) is -2.57. The summed E-state index contributed by atoms with van der Waals surface area (Å²) in [6, 6.07) is 0. The van der Waals surface area contributed by atoms with E-state index in [1.807, 2.05) is 0 Å². The fourth-order valence-electron chi connectivity index (χ4n) is 0.853. The van der Waals surface area contributed by atoms with Crippen molar-refractivity contribution >= 4 is 16.1 Å². The Bertz CT molecular complexity index is 298. The molecule has 0 amide bonds. The molecule has 0 aliphatic heterocycles. The Balaban J connectivity index is 0. The minimum Gasteiger partial charge on any atom is -0.748 e. The first-order chi connectivity index (χ1) is 6.35. The topological polar surface area (TPSA) is 83.5 Å². The molecule has 0 saturated heterocycles. The van der Waals surface area contributed by atoms with E-state index in [9.17, 15) is 17.8 Å². The Morgan fingerprint density at radius 3 is 2.53 bits per heavy atom. The van der Waals surface area contributed by atoms with Crippen LogP contribution in [0.2, 0.25) is 0 Å². The normalized spacial score (nSPS) is 12.4. The Hall–Kier alpha value is 0.925. The molecule has 0 fully saturated rings. The maximum atomic E-state index is 10.7. The van der Waals surface area contributed by atoms with E-state index in [1.54, 1.807) is 6.92 Å². The summed E-state index contributed by atoms with van der Waals surface area (Å²) in [6.45, 7) is 4.84. The zero-order valence-corrected chi connectivity index (χ0v) is 14.7. The van der Waals surface area contributed by atoms with Crippen molar-refractivity contribution in [3.05, 3.63) is 12.7 Å². The Morgan fingerprint density at radius 2 is 2.13 bits per heavy atom. The maximum absolute atomic E-state index is 10.7. The number of hydrogen-bond donors (Lipinski definition) is 0. The number of carbonyl (C=O) groups excluding carboxylic acids is 1. The van der Waals surface area contributed by atoms with Gasteiger partial charge in [-0.3, -0.25) is 0 Å². The van der Waals surface area contributed by atoms with Crippen LogP contribution in [0.5, 0.6) is 0 Å². The van der Waals surface area contributed by atoms with Crippen LogP contribution in [0.15, 0.2) is 12.7 Å². The Morgan fingerprint density at radius 1 is 1.60 bits per heavy atom. The van der Waals surface area contributed by atoms with Crippen LogP contribution in [-0.2, 0) is 19.6 Å². The van der Waals surface area contributed by atoms with Gasteiger partial charge in [0.2, 0.25) is 0 Å². The van der Waals surface area contributed by atoms with Crippen molar-refractivity contribution in [3.63, 3.8) is 0 Å². The molecule has 0 aromatic carbocycles. The van der Waals surface area contributed by atoms with Gasteiger partial charge in [0.15, 0.2) is 0 Å². The van der Waals surface area contributed by atoms with E-state index in [1.165, 1.54) is 0 Å². The molecular formula is C8H13O5RbS. The molecule has 0 aromatic heterocycles. The van der Waals surface area contributed by atoms with E-state index in [-0.39, 0.29) is 64.6 Å². The summed E-state index contributed by atoms with van der Waals surface area (Å²) in [5, 5.41) is 0. The van der Waals surface area contributed by atoms with E-state index >= 15 is 0 Å². The smallest absolute Gasteiger partial charge is 0.748 e. The van der Waals surface area contributed by atoms with Gasteiger partial charge in [-0.15, -0.1) is 0 Å². The van der Waals surface area contributed by atoms with Crippen molar-refractivity contribution in [1.29, 1.82) is 0 Å². The molecule has 0 spiro atoms. The van der Waals surface area contributed by atoms with Crippen molar-refractivity contribution in [2.75, 3.05) is 5.75 Å². The fourth-order valence-corrected chi connectivity index (χ4v) is 1.37. The quantitative estimate of drug-likeness (QED) is 0.306. The molecule has 0 bridgehead atoms. The third-order valence-electron chi connectivity index (χ3n) is 1.49. The predicted molar refractivity (Wildman–Crippen MR) is 49.5 cm³/mol. The number of esters is 1. The summed E-state index contributed by atoms with van der Waals surface area (Å²) < 4.78 is 35.4. The average molecular weight is 307 g/mol. The van der Waals surface area contributed by atoms with Crippen LogP contribution in [0.1, 0.15) is 19.8 Å². The van der Waals surface area contributed by atoms with Gasteiger partial charge in [-0.1, -0.05) is 6.58 Å². The second kappa shape index (κ2) is 9.01. The molecule has 15 heavy (non-hydrogen) atoms. The minimum absolute atomic E-state index is 0. The van der Waals surface area contributed by atoms with Crippen LogP contribution in [-0.4, -0.2) is 30.8 Å². The number of carbonyl (C=O) groups is 1. The molecule has 1 unspecified atom stereocenters. The third-order valence-corrected chi connectivity index (χ3v) is 2.28. The fraction of sp³-hybridized carbons (Fsp3) is 0.625. The molecule has 0 rings (SSSR count). The molecule has 82 valence electrons. The molecular weight excluding hydrogens is 294 g/mol. The Kier molecular flexibility index (Phi) is 11.0. The van der Waals surface area contributed by atoms with E-state index in [2.05, 4.69) is 6.58 Å². The number of rotatable bonds is 6. The van der Waals surface area contributed by atoms with Gasteiger partial charge in [-0.05, 0) is 19.8 Å². The third kappa shape index (κ3) is 12.9. The average Bonchev–Trinajstić information content (AvgIpc) is 2.01. The number of ether oxygens (including phenoxy) is 1. The van der Waals surface area contributed by atoms with Gasteiger partial charge >= 0.3 is 64.2 Å². The summed E-state index contributed by atoms with van der Waals surface area (Å²) in [6.07, 6.45) is 1.17. The van der Waals surface area contributed by atoms with Crippen molar-refractivity contribution < 1.29 is 80.7 Å². The van der Waals surface area contributed by atoms with Gasteiger partial charge in [0, 0.05) is 11.8 Å². The van der Waals surface area contributed by atoms with E-state index in [0.29, 0.717) is 6.42 Å². The first-order valence-electron chi connectivity index (χ1n) is 4.12. The van der Waals surface area contributed by atoms with Gasteiger partial charge in [0.1, 0.15) is 0 Å². The van der Waals surface area contributed by atoms with Crippen molar-refractivity contribution in [2.24, 2.45) is 0 Å². The first kappa shape index (κ1) is 18.3. The molecule has 5 nitrogen and oxygen atoms in total. The summed E-state index contributed by atoms with van der Waals surface area (Å²) >= 11 is 0. The maximum Gasteiger partial charge on any atom is 1.00 e. The van der Waals surface area contributed by atoms with Crippen LogP contribution in [0.3, 0.4) is 0 Å². The number of hydrogen-bond acceptors (Lipinski definition) is 5.